The predicted octanol–water partition coefficient (Wildman–Crippen LogP) is 1.99. The van der Waals surface area contributed by atoms with Crippen molar-refractivity contribution < 1.29 is 14.3 Å². The van der Waals surface area contributed by atoms with Gasteiger partial charge in [0.15, 0.2) is 0 Å². The molecule has 0 saturated heterocycles. The van der Waals surface area contributed by atoms with E-state index >= 15 is 0 Å². The number of hydrogen-bond donors (Lipinski definition) is 2. The van der Waals surface area contributed by atoms with Crippen molar-refractivity contribution in [2.45, 2.75) is 25.8 Å². The summed E-state index contributed by atoms with van der Waals surface area (Å²) in [6.45, 7) is 5.43. The average Bonchev–Trinajstić information content (AvgIpc) is 2.44. The maximum absolute atomic E-state index is 12.0. The molecule has 120 valence electrons. The molecule has 1 aromatic rings. The van der Waals surface area contributed by atoms with E-state index in [1.165, 1.54) is 0 Å². The summed E-state index contributed by atoms with van der Waals surface area (Å²) in [6, 6.07) is 7.06. The Bertz CT molecular complexity index is 421. The Hall–Kier alpha value is -1.30. The highest BCUT2D eigenvalue weighted by atomic mass is 35.5. The van der Waals surface area contributed by atoms with Crippen LogP contribution in [-0.2, 0) is 4.74 Å². The number of rotatable bonds is 8. The number of halogens is 1. The Morgan fingerprint density at radius 2 is 1.86 bits per heavy atom. The van der Waals surface area contributed by atoms with E-state index in [2.05, 4.69) is 5.32 Å². The fourth-order valence-electron chi connectivity index (χ4n) is 1.53. The highest BCUT2D eigenvalue weighted by Gasteiger charge is 2.19. The third-order valence-electron chi connectivity index (χ3n) is 2.84. The zero-order chi connectivity index (χ0) is 15.0. The third-order valence-corrected chi connectivity index (χ3v) is 2.84. The van der Waals surface area contributed by atoms with E-state index in [-0.39, 0.29) is 18.3 Å². The second-order valence-electron chi connectivity index (χ2n) is 5.26. The molecule has 3 N–H and O–H groups in total. The molecule has 0 unspecified atom stereocenters. The Balaban J connectivity index is 0.00000400. The minimum absolute atomic E-state index is 0. The van der Waals surface area contributed by atoms with Gasteiger partial charge in [-0.05, 0) is 38.1 Å². The number of methoxy groups -OCH3 is 1. The van der Waals surface area contributed by atoms with Gasteiger partial charge < -0.3 is 20.5 Å². The first kappa shape index (κ1) is 19.7. The third kappa shape index (κ3) is 7.32. The molecule has 0 aliphatic heterocycles. The summed E-state index contributed by atoms with van der Waals surface area (Å²) < 4.78 is 10.5. The van der Waals surface area contributed by atoms with E-state index < -0.39 is 5.54 Å². The van der Waals surface area contributed by atoms with Crippen LogP contribution in [-0.4, -0.2) is 38.3 Å². The molecule has 0 bridgehead atoms. The molecule has 0 aliphatic carbocycles. The molecule has 1 aromatic carbocycles. The van der Waals surface area contributed by atoms with Crippen LogP contribution in [0.4, 0.5) is 0 Å². The van der Waals surface area contributed by atoms with Crippen LogP contribution in [0.15, 0.2) is 24.3 Å². The van der Waals surface area contributed by atoms with E-state index in [1.54, 1.807) is 31.4 Å². The minimum Gasteiger partial charge on any atom is -0.494 e. The summed E-state index contributed by atoms with van der Waals surface area (Å²) in [7, 11) is 1.66. The fourth-order valence-corrected chi connectivity index (χ4v) is 1.53. The van der Waals surface area contributed by atoms with E-state index in [0.29, 0.717) is 25.3 Å². The Morgan fingerprint density at radius 1 is 1.24 bits per heavy atom. The van der Waals surface area contributed by atoms with Crippen LogP contribution in [0, 0.1) is 0 Å². The quantitative estimate of drug-likeness (QED) is 0.719. The van der Waals surface area contributed by atoms with Crippen molar-refractivity contribution in [2.75, 3.05) is 26.9 Å². The van der Waals surface area contributed by atoms with Gasteiger partial charge in [-0.15, -0.1) is 12.4 Å². The first-order valence-corrected chi connectivity index (χ1v) is 6.73. The predicted molar refractivity (Wildman–Crippen MR) is 86.3 cm³/mol. The molecule has 1 rings (SSSR count). The number of carbonyl (C=O) groups is 1. The van der Waals surface area contributed by atoms with Gasteiger partial charge in [0.1, 0.15) is 5.75 Å². The van der Waals surface area contributed by atoms with Crippen molar-refractivity contribution in [1.82, 2.24) is 5.32 Å². The summed E-state index contributed by atoms with van der Waals surface area (Å²) >= 11 is 0. The first-order chi connectivity index (χ1) is 9.48. The Kier molecular flexibility index (Phi) is 9.01. The maximum atomic E-state index is 12.0. The average molecular weight is 317 g/mol. The van der Waals surface area contributed by atoms with E-state index in [1.807, 2.05) is 13.8 Å². The lowest BCUT2D eigenvalue weighted by Gasteiger charge is -2.24. The van der Waals surface area contributed by atoms with E-state index in [4.69, 9.17) is 15.2 Å². The molecule has 0 radical (unpaired) electrons. The Labute approximate surface area is 132 Å². The summed E-state index contributed by atoms with van der Waals surface area (Å²) in [4.78, 5) is 12.0. The summed E-state index contributed by atoms with van der Waals surface area (Å²) in [6.07, 6.45) is 0.837. The molecule has 0 spiro atoms. The van der Waals surface area contributed by atoms with Gasteiger partial charge in [0.05, 0.1) is 6.61 Å². The topological polar surface area (TPSA) is 73.6 Å². The zero-order valence-electron chi connectivity index (χ0n) is 12.8. The van der Waals surface area contributed by atoms with Crippen LogP contribution >= 0.6 is 12.4 Å². The molecule has 0 fully saturated rings. The monoisotopic (exact) mass is 316 g/mol. The van der Waals surface area contributed by atoms with Crippen LogP contribution in [0.25, 0.3) is 0 Å². The van der Waals surface area contributed by atoms with Crippen LogP contribution < -0.4 is 15.8 Å². The Morgan fingerprint density at radius 3 is 2.38 bits per heavy atom. The van der Waals surface area contributed by atoms with Gasteiger partial charge in [-0.3, -0.25) is 4.79 Å². The summed E-state index contributed by atoms with van der Waals surface area (Å²) in [5.74, 6) is 0.613. The number of ether oxygens (including phenoxy) is 2. The van der Waals surface area contributed by atoms with Gasteiger partial charge in [0, 0.05) is 37.8 Å². The highest BCUT2D eigenvalue weighted by Crippen LogP contribution is 2.13. The van der Waals surface area contributed by atoms with Crippen LogP contribution in [0.2, 0.25) is 0 Å². The van der Waals surface area contributed by atoms with Crippen LogP contribution in [0.1, 0.15) is 30.6 Å². The number of carbonyl (C=O) groups excluding carboxylic acids is 1. The number of nitrogens with one attached hydrogen (secondary N) is 1. The van der Waals surface area contributed by atoms with E-state index in [9.17, 15) is 4.79 Å². The molecule has 21 heavy (non-hydrogen) atoms. The van der Waals surface area contributed by atoms with Crippen molar-refractivity contribution >= 4 is 18.3 Å². The number of nitrogens with two attached hydrogens (primary N) is 1. The van der Waals surface area contributed by atoms with Gasteiger partial charge in [-0.25, -0.2) is 0 Å². The SMILES string of the molecule is COCCCOc1ccc(C(=O)NC(C)(C)CN)cc1.Cl. The largest absolute Gasteiger partial charge is 0.494 e. The standard InChI is InChI=1S/C15H24N2O3.ClH/c1-15(2,11-16)17-14(18)12-5-7-13(8-6-12)20-10-4-9-19-3;/h5-8H,4,9-11,16H2,1-3H3,(H,17,18);1H. The lowest BCUT2D eigenvalue weighted by molar-refractivity contribution is 0.0915. The molecule has 1 amide bonds. The van der Waals surface area contributed by atoms with Gasteiger partial charge in [-0.2, -0.15) is 0 Å². The molecule has 0 saturated carbocycles. The molecule has 6 heteroatoms. The van der Waals surface area contributed by atoms with Gasteiger partial charge in [0.25, 0.3) is 5.91 Å². The fraction of sp³-hybridized carbons (Fsp3) is 0.533. The first-order valence-electron chi connectivity index (χ1n) is 6.73. The van der Waals surface area contributed by atoms with Gasteiger partial charge in [-0.1, -0.05) is 0 Å². The molecular weight excluding hydrogens is 292 g/mol. The molecule has 0 atom stereocenters. The van der Waals surface area contributed by atoms with Crippen molar-refractivity contribution in [3.05, 3.63) is 29.8 Å². The minimum atomic E-state index is -0.410. The van der Waals surface area contributed by atoms with Crippen molar-refractivity contribution in [3.8, 4) is 5.75 Å². The zero-order valence-corrected chi connectivity index (χ0v) is 13.7. The molecular formula is C15H25ClN2O3. The van der Waals surface area contributed by atoms with E-state index in [0.717, 1.165) is 12.2 Å². The molecule has 0 heterocycles. The highest BCUT2D eigenvalue weighted by molar-refractivity contribution is 5.94. The molecule has 0 aromatic heterocycles. The lowest BCUT2D eigenvalue weighted by Crippen LogP contribution is -2.48. The normalized spacial score (nSPS) is 10.7. The van der Waals surface area contributed by atoms with Crippen molar-refractivity contribution in [3.63, 3.8) is 0 Å². The van der Waals surface area contributed by atoms with Gasteiger partial charge in [0.2, 0.25) is 0 Å². The second-order valence-corrected chi connectivity index (χ2v) is 5.26. The van der Waals surface area contributed by atoms with Gasteiger partial charge >= 0.3 is 0 Å². The van der Waals surface area contributed by atoms with Crippen LogP contribution in [0.3, 0.4) is 0 Å². The summed E-state index contributed by atoms with van der Waals surface area (Å²) in [5, 5.41) is 2.88. The summed E-state index contributed by atoms with van der Waals surface area (Å²) in [5.41, 5.74) is 5.77. The second kappa shape index (κ2) is 9.60. The number of benzene rings is 1. The molecule has 5 nitrogen and oxygen atoms in total. The molecule has 0 aliphatic rings. The smallest absolute Gasteiger partial charge is 0.251 e. The lowest BCUT2D eigenvalue weighted by atomic mass is 10.1. The maximum Gasteiger partial charge on any atom is 0.251 e. The van der Waals surface area contributed by atoms with Crippen LogP contribution in [0.5, 0.6) is 5.75 Å². The van der Waals surface area contributed by atoms with Crippen molar-refractivity contribution in [1.29, 1.82) is 0 Å². The van der Waals surface area contributed by atoms with Crippen molar-refractivity contribution in [2.24, 2.45) is 5.73 Å². The number of hydrogen-bond acceptors (Lipinski definition) is 4. The number of amides is 1.